The second-order valence-corrected chi connectivity index (χ2v) is 11.2. The number of anilines is 2. The van der Waals surface area contributed by atoms with Gasteiger partial charge in [0.15, 0.2) is 0 Å². The highest BCUT2D eigenvalue weighted by atomic mass is 32.1. The zero-order valence-corrected chi connectivity index (χ0v) is 24.7. The number of carbonyl (C=O) groups is 2. The summed E-state index contributed by atoms with van der Waals surface area (Å²) in [7, 11) is 0. The van der Waals surface area contributed by atoms with E-state index >= 15 is 0 Å². The molecule has 4 aromatic rings. The number of carbonyl (C=O) groups excluding carboxylic acids is 2. The summed E-state index contributed by atoms with van der Waals surface area (Å²) in [5.74, 6) is 0.660. The zero-order valence-electron chi connectivity index (χ0n) is 23.8. The zero-order chi connectivity index (χ0) is 28.9. The van der Waals surface area contributed by atoms with Crippen LogP contribution >= 0.6 is 11.3 Å². The first-order chi connectivity index (χ1) is 19.8. The molecule has 3 N–H and O–H groups in total. The molecule has 1 aliphatic carbocycles. The van der Waals surface area contributed by atoms with Gasteiger partial charge in [-0.1, -0.05) is 17.7 Å². The number of amides is 3. The molecule has 0 bridgehead atoms. The number of fused-ring (bicyclic) bond motifs is 1. The Hall–Kier alpha value is -4.37. The summed E-state index contributed by atoms with van der Waals surface area (Å²) < 4.78 is 7.57. The van der Waals surface area contributed by atoms with Gasteiger partial charge in [0.25, 0.3) is 5.91 Å². The van der Waals surface area contributed by atoms with Crippen molar-refractivity contribution in [2.24, 2.45) is 5.10 Å². The highest BCUT2D eigenvalue weighted by Crippen LogP contribution is 2.39. The summed E-state index contributed by atoms with van der Waals surface area (Å²) >= 11 is 1.70. The molecular formula is C32H35N5O3S. The fourth-order valence-corrected chi connectivity index (χ4v) is 6.62. The number of benzene rings is 2. The van der Waals surface area contributed by atoms with E-state index in [1.54, 1.807) is 41.8 Å². The van der Waals surface area contributed by atoms with Gasteiger partial charge in [-0.05, 0) is 101 Å². The van der Waals surface area contributed by atoms with Crippen molar-refractivity contribution in [2.75, 3.05) is 17.2 Å². The first-order valence-electron chi connectivity index (χ1n) is 13.9. The van der Waals surface area contributed by atoms with Crippen LogP contribution in [0.1, 0.15) is 63.1 Å². The molecule has 0 aliphatic heterocycles. The number of nitrogens with one attached hydrogen (secondary N) is 3. The van der Waals surface area contributed by atoms with Crippen LogP contribution in [0.15, 0.2) is 59.7 Å². The highest BCUT2D eigenvalue weighted by molar-refractivity contribution is 7.15. The van der Waals surface area contributed by atoms with Gasteiger partial charge in [-0.15, -0.1) is 11.3 Å². The molecule has 0 saturated carbocycles. The van der Waals surface area contributed by atoms with Crippen LogP contribution in [-0.4, -0.2) is 29.3 Å². The maximum Gasteiger partial charge on any atom is 0.339 e. The maximum atomic E-state index is 13.7. The summed E-state index contributed by atoms with van der Waals surface area (Å²) in [5.41, 5.74) is 9.81. The Balaban J connectivity index is 1.36. The average Bonchev–Trinajstić information content (AvgIpc) is 3.47. The number of ether oxygens (including phenoxy) is 1. The number of hydrogen-bond donors (Lipinski definition) is 3. The molecule has 41 heavy (non-hydrogen) atoms. The van der Waals surface area contributed by atoms with E-state index in [9.17, 15) is 9.59 Å². The SMILES string of the molecule is CCOc1ccc(NC(=O)N/N=C/c2cc(C)n(-c3sc4c(c3C(=O)Nc3ccc(C)cc3)CCCC4)c2C)cc1. The van der Waals surface area contributed by atoms with Crippen molar-refractivity contribution in [3.8, 4) is 10.8 Å². The van der Waals surface area contributed by atoms with E-state index in [0.29, 0.717) is 12.3 Å². The summed E-state index contributed by atoms with van der Waals surface area (Å²) in [5, 5.41) is 11.0. The Bertz CT molecular complexity index is 1580. The third-order valence-electron chi connectivity index (χ3n) is 7.16. The van der Waals surface area contributed by atoms with Gasteiger partial charge in [0.2, 0.25) is 0 Å². The first-order valence-corrected chi connectivity index (χ1v) is 14.7. The highest BCUT2D eigenvalue weighted by Gasteiger charge is 2.28. The van der Waals surface area contributed by atoms with E-state index in [-0.39, 0.29) is 5.91 Å². The number of aryl methyl sites for hydroxylation is 3. The van der Waals surface area contributed by atoms with E-state index in [2.05, 4.69) is 25.7 Å². The van der Waals surface area contributed by atoms with Crippen molar-refractivity contribution in [2.45, 2.75) is 53.4 Å². The molecule has 2 aromatic heterocycles. The number of nitrogens with zero attached hydrogens (tertiary/aromatic N) is 2. The van der Waals surface area contributed by atoms with Gasteiger partial charge < -0.3 is 19.9 Å². The van der Waals surface area contributed by atoms with Crippen LogP contribution in [0.4, 0.5) is 16.2 Å². The molecule has 9 heteroatoms. The van der Waals surface area contributed by atoms with Gasteiger partial charge in [0, 0.05) is 33.2 Å². The molecular weight excluding hydrogens is 534 g/mol. The number of thiophene rings is 1. The van der Waals surface area contributed by atoms with Crippen LogP contribution in [0, 0.1) is 20.8 Å². The molecule has 212 valence electrons. The second kappa shape index (κ2) is 12.4. The van der Waals surface area contributed by atoms with Crippen LogP contribution in [0.3, 0.4) is 0 Å². The predicted octanol–water partition coefficient (Wildman–Crippen LogP) is 7.15. The van der Waals surface area contributed by atoms with Gasteiger partial charge in [0.1, 0.15) is 10.8 Å². The van der Waals surface area contributed by atoms with Gasteiger partial charge in [0.05, 0.1) is 18.4 Å². The van der Waals surface area contributed by atoms with E-state index in [1.807, 2.05) is 58.0 Å². The second-order valence-electron chi connectivity index (χ2n) is 10.2. The predicted molar refractivity (Wildman–Crippen MR) is 166 cm³/mol. The maximum absolute atomic E-state index is 13.7. The molecule has 2 aromatic carbocycles. The number of aromatic nitrogens is 1. The van der Waals surface area contributed by atoms with E-state index in [1.165, 1.54) is 4.88 Å². The van der Waals surface area contributed by atoms with Crippen molar-refractivity contribution in [1.29, 1.82) is 0 Å². The molecule has 0 radical (unpaired) electrons. The number of hydrogen-bond acceptors (Lipinski definition) is 5. The lowest BCUT2D eigenvalue weighted by Gasteiger charge is -2.14. The number of hydrazone groups is 1. The molecule has 2 heterocycles. The average molecular weight is 570 g/mol. The Labute approximate surface area is 244 Å². The van der Waals surface area contributed by atoms with Crippen LogP contribution in [0.25, 0.3) is 5.00 Å². The summed E-state index contributed by atoms with van der Waals surface area (Å²) in [6.45, 7) is 8.57. The topological polar surface area (TPSA) is 96.8 Å². The monoisotopic (exact) mass is 569 g/mol. The minimum Gasteiger partial charge on any atom is -0.494 e. The molecule has 1 aliphatic rings. The Kier molecular flexibility index (Phi) is 8.54. The molecule has 0 saturated heterocycles. The molecule has 0 atom stereocenters. The summed E-state index contributed by atoms with van der Waals surface area (Å²) in [6.07, 6.45) is 5.75. The standard InChI is InChI=1S/C32H35N5O3S/c1-5-40-26-16-14-25(15-17-26)35-32(39)36-33-19-23-18-21(3)37(22(23)4)31-29(27-8-6-7-9-28(27)41-31)30(38)34-24-12-10-20(2)11-13-24/h10-19H,5-9H2,1-4H3,(H,34,38)(H2,35,36,39)/b33-19+. The first kappa shape index (κ1) is 28.2. The van der Waals surface area contributed by atoms with Crippen LogP contribution in [-0.2, 0) is 12.8 Å². The van der Waals surface area contributed by atoms with Crippen molar-refractivity contribution >= 4 is 40.9 Å². The van der Waals surface area contributed by atoms with Crippen LogP contribution in [0.5, 0.6) is 5.75 Å². The smallest absolute Gasteiger partial charge is 0.339 e. The van der Waals surface area contributed by atoms with Gasteiger partial charge in [-0.25, -0.2) is 10.2 Å². The fraction of sp³-hybridized carbons (Fsp3) is 0.281. The lowest BCUT2D eigenvalue weighted by atomic mass is 9.95. The quantitative estimate of drug-likeness (QED) is 0.155. The molecule has 0 spiro atoms. The third kappa shape index (κ3) is 6.36. The summed E-state index contributed by atoms with van der Waals surface area (Å²) in [4.78, 5) is 27.4. The van der Waals surface area contributed by atoms with E-state index in [4.69, 9.17) is 4.74 Å². The van der Waals surface area contributed by atoms with Crippen LogP contribution < -0.4 is 20.8 Å². The molecule has 0 fully saturated rings. The molecule has 0 unspecified atom stereocenters. The van der Waals surface area contributed by atoms with Crippen molar-refractivity contribution in [3.05, 3.63) is 93.1 Å². The number of rotatable bonds is 8. The van der Waals surface area contributed by atoms with Crippen molar-refractivity contribution in [1.82, 2.24) is 9.99 Å². The Morgan fingerprint density at radius 1 is 0.976 bits per heavy atom. The third-order valence-corrected chi connectivity index (χ3v) is 8.43. The lowest BCUT2D eigenvalue weighted by molar-refractivity contribution is 0.102. The lowest BCUT2D eigenvalue weighted by Crippen LogP contribution is -2.24. The van der Waals surface area contributed by atoms with Crippen molar-refractivity contribution < 1.29 is 14.3 Å². The van der Waals surface area contributed by atoms with Crippen LogP contribution in [0.2, 0.25) is 0 Å². The van der Waals surface area contributed by atoms with Crippen molar-refractivity contribution in [3.63, 3.8) is 0 Å². The number of urea groups is 1. The normalized spacial score (nSPS) is 12.7. The van der Waals surface area contributed by atoms with E-state index in [0.717, 1.165) is 75.8 Å². The van der Waals surface area contributed by atoms with Gasteiger partial charge >= 0.3 is 6.03 Å². The minimum atomic E-state index is -0.444. The minimum absolute atomic E-state index is 0.0846. The Morgan fingerprint density at radius 2 is 1.66 bits per heavy atom. The molecule has 8 nitrogen and oxygen atoms in total. The molecule has 5 rings (SSSR count). The largest absolute Gasteiger partial charge is 0.494 e. The Morgan fingerprint density at radius 3 is 2.39 bits per heavy atom. The fourth-order valence-electron chi connectivity index (χ4n) is 5.13. The van der Waals surface area contributed by atoms with Gasteiger partial charge in [-0.2, -0.15) is 5.10 Å². The van der Waals surface area contributed by atoms with Gasteiger partial charge in [-0.3, -0.25) is 4.79 Å². The van der Waals surface area contributed by atoms with E-state index < -0.39 is 6.03 Å². The summed E-state index contributed by atoms with van der Waals surface area (Å²) in [6, 6.07) is 16.6. The molecule has 3 amide bonds.